The number of hydrogen-bond acceptors (Lipinski definition) is 4. The van der Waals surface area contributed by atoms with Crippen LogP contribution in [0, 0.1) is 0 Å². The molecule has 0 aliphatic rings. The average Bonchev–Trinajstić information content (AvgIpc) is 2.71. The Morgan fingerprint density at radius 3 is 2.24 bits per heavy atom. The van der Waals surface area contributed by atoms with Gasteiger partial charge in [0.25, 0.3) is 0 Å². The molecule has 0 bridgehead atoms. The van der Waals surface area contributed by atoms with Crippen molar-refractivity contribution < 1.29 is 19.4 Å². The van der Waals surface area contributed by atoms with E-state index < -0.39 is 0 Å². The van der Waals surface area contributed by atoms with Crippen LogP contribution in [-0.2, 0) is 16.0 Å². The monoisotopic (exact) mass is 390 g/mol. The molecular weight excluding hydrogens is 364 g/mol. The van der Waals surface area contributed by atoms with Gasteiger partial charge in [0.05, 0.1) is 0 Å². The molecule has 3 aromatic rings. The van der Waals surface area contributed by atoms with Crippen LogP contribution < -0.4 is 4.74 Å². The van der Waals surface area contributed by atoms with E-state index in [-0.39, 0.29) is 23.7 Å². The minimum atomic E-state index is -0.310. The van der Waals surface area contributed by atoms with Gasteiger partial charge in [-0.05, 0) is 55.2 Å². The Morgan fingerprint density at radius 1 is 0.966 bits per heavy atom. The molecule has 3 aromatic carbocycles. The van der Waals surface area contributed by atoms with Gasteiger partial charge in [-0.1, -0.05) is 54.6 Å². The highest BCUT2D eigenvalue weighted by Crippen LogP contribution is 2.36. The third-order valence-electron chi connectivity index (χ3n) is 4.89. The highest BCUT2D eigenvalue weighted by molar-refractivity contribution is 5.66. The Labute approximate surface area is 171 Å². The molecule has 0 heterocycles. The number of hydrogen-bond donors (Lipinski definition) is 1. The van der Waals surface area contributed by atoms with Gasteiger partial charge in [0.1, 0.15) is 11.9 Å². The van der Waals surface area contributed by atoms with Crippen LogP contribution in [0.5, 0.6) is 17.2 Å². The van der Waals surface area contributed by atoms with Crippen molar-refractivity contribution in [1.29, 1.82) is 0 Å². The van der Waals surface area contributed by atoms with Crippen LogP contribution in [0.3, 0.4) is 0 Å². The largest absolute Gasteiger partial charge is 0.504 e. The van der Waals surface area contributed by atoms with Crippen LogP contribution in [-0.4, -0.2) is 17.2 Å². The maximum absolute atomic E-state index is 11.5. The number of carbonyl (C=O) groups is 1. The molecule has 150 valence electrons. The molecule has 0 aliphatic heterocycles. The molecule has 4 nitrogen and oxygen atoms in total. The number of aryl methyl sites for hydroxylation is 1. The molecule has 29 heavy (non-hydrogen) atoms. The van der Waals surface area contributed by atoms with Crippen molar-refractivity contribution in [2.24, 2.45) is 0 Å². The first-order valence-electron chi connectivity index (χ1n) is 9.80. The van der Waals surface area contributed by atoms with E-state index in [2.05, 4.69) is 12.1 Å². The van der Waals surface area contributed by atoms with Crippen LogP contribution in [0.2, 0.25) is 0 Å². The summed E-state index contributed by atoms with van der Waals surface area (Å²) in [6.07, 6.45) is 1.33. The highest BCUT2D eigenvalue weighted by Gasteiger charge is 2.23. The fraction of sp³-hybridized carbons (Fsp3) is 0.240. The predicted octanol–water partition coefficient (Wildman–Crippen LogP) is 5.85. The minimum absolute atomic E-state index is 0.0456. The predicted molar refractivity (Wildman–Crippen MR) is 113 cm³/mol. The van der Waals surface area contributed by atoms with Crippen molar-refractivity contribution in [3.63, 3.8) is 0 Å². The molecule has 1 N–H and O–H groups in total. The lowest BCUT2D eigenvalue weighted by Gasteiger charge is -2.25. The van der Waals surface area contributed by atoms with E-state index in [9.17, 15) is 9.90 Å². The van der Waals surface area contributed by atoms with Crippen LogP contribution in [0.4, 0.5) is 0 Å². The van der Waals surface area contributed by atoms with E-state index in [1.165, 1.54) is 12.5 Å². The van der Waals surface area contributed by atoms with E-state index in [0.29, 0.717) is 11.5 Å². The number of phenolic OH excluding ortho intramolecular Hbond substituents is 1. The zero-order valence-electron chi connectivity index (χ0n) is 16.7. The summed E-state index contributed by atoms with van der Waals surface area (Å²) in [6.45, 7) is 3.31. The summed E-state index contributed by atoms with van der Waals surface area (Å²) in [5, 5.41) is 10.5. The first-order valence-corrected chi connectivity index (χ1v) is 9.80. The third-order valence-corrected chi connectivity index (χ3v) is 4.89. The van der Waals surface area contributed by atoms with Gasteiger partial charge in [0.2, 0.25) is 0 Å². The average molecular weight is 390 g/mol. The molecule has 0 aromatic heterocycles. The van der Waals surface area contributed by atoms with Gasteiger partial charge in [0.15, 0.2) is 11.5 Å². The van der Waals surface area contributed by atoms with E-state index in [0.717, 1.165) is 18.4 Å². The summed E-state index contributed by atoms with van der Waals surface area (Å²) in [7, 11) is 0. The van der Waals surface area contributed by atoms with Gasteiger partial charge in [-0.3, -0.25) is 4.79 Å². The van der Waals surface area contributed by atoms with Gasteiger partial charge in [-0.25, -0.2) is 0 Å². The third kappa shape index (κ3) is 5.85. The lowest BCUT2D eigenvalue weighted by molar-refractivity contribution is -0.146. The quantitative estimate of drug-likeness (QED) is 0.490. The van der Waals surface area contributed by atoms with E-state index in [4.69, 9.17) is 9.47 Å². The standard InChI is InChI=1S/C25H26O4/c1-18(28-19(2)26)23(15-13-20-9-5-3-6-10-20)21-14-16-25(24(27)17-21)29-22-11-7-4-8-12-22/h3-12,14,16-18,23,27H,13,15H2,1-2H3. The van der Waals surface area contributed by atoms with Gasteiger partial charge < -0.3 is 14.6 Å². The lowest BCUT2D eigenvalue weighted by Crippen LogP contribution is -2.22. The summed E-state index contributed by atoms with van der Waals surface area (Å²) in [5.74, 6) is 0.753. The Hall–Kier alpha value is -3.27. The fourth-order valence-corrected chi connectivity index (χ4v) is 3.45. The lowest BCUT2D eigenvalue weighted by atomic mass is 9.88. The summed E-state index contributed by atoms with van der Waals surface area (Å²) >= 11 is 0. The second-order valence-electron chi connectivity index (χ2n) is 7.09. The highest BCUT2D eigenvalue weighted by atomic mass is 16.5. The minimum Gasteiger partial charge on any atom is -0.504 e. The molecule has 2 atom stereocenters. The van der Waals surface area contributed by atoms with Crippen LogP contribution in [0.15, 0.2) is 78.9 Å². The molecule has 0 saturated carbocycles. The van der Waals surface area contributed by atoms with E-state index in [1.807, 2.05) is 61.5 Å². The van der Waals surface area contributed by atoms with Gasteiger partial charge in [-0.15, -0.1) is 0 Å². The maximum Gasteiger partial charge on any atom is 0.302 e. The smallest absolute Gasteiger partial charge is 0.302 e. The summed E-state index contributed by atoms with van der Waals surface area (Å²) in [5.41, 5.74) is 2.13. The number of carbonyl (C=O) groups excluding carboxylic acids is 1. The van der Waals surface area contributed by atoms with Crippen LogP contribution >= 0.6 is 0 Å². The number of benzene rings is 3. The molecule has 0 fully saturated rings. The zero-order valence-corrected chi connectivity index (χ0v) is 16.7. The van der Waals surface area contributed by atoms with Gasteiger partial charge in [-0.2, -0.15) is 0 Å². The summed E-state index contributed by atoms with van der Waals surface area (Å²) in [4.78, 5) is 11.5. The summed E-state index contributed by atoms with van der Waals surface area (Å²) in [6, 6.07) is 24.9. The number of ether oxygens (including phenoxy) is 2. The SMILES string of the molecule is CC(=O)OC(C)C(CCc1ccccc1)c1ccc(Oc2ccccc2)c(O)c1. The number of esters is 1. The van der Waals surface area contributed by atoms with Crippen molar-refractivity contribution in [2.75, 3.05) is 0 Å². The first kappa shape index (κ1) is 20.5. The van der Waals surface area contributed by atoms with Crippen LogP contribution in [0.25, 0.3) is 0 Å². The molecule has 0 amide bonds. The van der Waals surface area contributed by atoms with Crippen molar-refractivity contribution in [3.05, 3.63) is 90.0 Å². The molecule has 2 unspecified atom stereocenters. The molecule has 0 aliphatic carbocycles. The second kappa shape index (κ2) is 9.78. The molecule has 4 heteroatoms. The Bertz CT molecular complexity index is 922. The summed E-state index contributed by atoms with van der Waals surface area (Å²) < 4.78 is 11.2. The normalized spacial score (nSPS) is 12.8. The first-order chi connectivity index (χ1) is 14.0. The Kier molecular flexibility index (Phi) is 6.90. The molecule has 0 saturated heterocycles. The maximum atomic E-state index is 11.5. The van der Waals surface area contributed by atoms with Crippen LogP contribution in [0.1, 0.15) is 37.3 Å². The molecular formula is C25H26O4. The van der Waals surface area contributed by atoms with Crippen molar-refractivity contribution in [2.45, 2.75) is 38.7 Å². The number of phenols is 1. The number of aromatic hydroxyl groups is 1. The zero-order chi connectivity index (χ0) is 20.6. The number of para-hydroxylation sites is 1. The van der Waals surface area contributed by atoms with Crippen molar-refractivity contribution in [1.82, 2.24) is 0 Å². The van der Waals surface area contributed by atoms with Crippen molar-refractivity contribution >= 4 is 5.97 Å². The van der Waals surface area contributed by atoms with Gasteiger partial charge >= 0.3 is 5.97 Å². The van der Waals surface area contributed by atoms with Gasteiger partial charge in [0, 0.05) is 12.8 Å². The van der Waals surface area contributed by atoms with Crippen molar-refractivity contribution in [3.8, 4) is 17.2 Å². The van der Waals surface area contributed by atoms with E-state index in [1.54, 1.807) is 12.1 Å². The Balaban J connectivity index is 1.80. The molecule has 0 radical (unpaired) electrons. The Morgan fingerprint density at radius 2 is 1.62 bits per heavy atom. The topological polar surface area (TPSA) is 55.8 Å². The fourth-order valence-electron chi connectivity index (χ4n) is 3.45. The number of rotatable bonds is 8. The second-order valence-corrected chi connectivity index (χ2v) is 7.09. The molecule has 3 rings (SSSR count). The molecule has 0 spiro atoms. The van der Waals surface area contributed by atoms with E-state index >= 15 is 0 Å².